The SMILES string of the molecule is O=C(O)Nc1ccc(NC(=O)CCCCC2SCC3NC(=O)NC32)c(O)c1. The Hall–Kier alpha value is -2.62. The number of phenolic OH excluding ortho intramolecular Hbond substituents is 1. The zero-order valence-electron chi connectivity index (χ0n) is 14.5. The summed E-state index contributed by atoms with van der Waals surface area (Å²) in [5.41, 5.74) is 0.462. The van der Waals surface area contributed by atoms with Gasteiger partial charge < -0.3 is 26.2 Å². The molecule has 0 radical (unpaired) electrons. The minimum atomic E-state index is -1.23. The number of nitrogens with one attached hydrogen (secondary N) is 4. The van der Waals surface area contributed by atoms with E-state index in [2.05, 4.69) is 21.3 Å². The first kappa shape index (κ1) is 19.2. The molecular formula is C17H22N4O5S. The van der Waals surface area contributed by atoms with E-state index in [4.69, 9.17) is 5.11 Å². The minimum absolute atomic E-state index is 0.0981. The fraction of sp³-hybridized carbons (Fsp3) is 0.471. The highest BCUT2D eigenvalue weighted by atomic mass is 32.2. The van der Waals surface area contributed by atoms with Crippen molar-refractivity contribution in [2.24, 2.45) is 0 Å². The lowest BCUT2D eigenvalue weighted by Gasteiger charge is -2.16. The van der Waals surface area contributed by atoms with Gasteiger partial charge in [-0.3, -0.25) is 10.1 Å². The van der Waals surface area contributed by atoms with Crippen LogP contribution < -0.4 is 21.3 Å². The molecular weight excluding hydrogens is 372 g/mol. The van der Waals surface area contributed by atoms with Crippen LogP contribution in [0.4, 0.5) is 21.0 Å². The Morgan fingerprint density at radius 1 is 1.22 bits per heavy atom. The Labute approximate surface area is 160 Å². The number of phenols is 1. The maximum atomic E-state index is 12.0. The van der Waals surface area contributed by atoms with Crippen molar-refractivity contribution in [3.63, 3.8) is 0 Å². The molecule has 2 saturated heterocycles. The van der Waals surface area contributed by atoms with Gasteiger partial charge in [-0.15, -0.1) is 0 Å². The van der Waals surface area contributed by atoms with Gasteiger partial charge in [-0.25, -0.2) is 9.59 Å². The zero-order chi connectivity index (χ0) is 19.4. The summed E-state index contributed by atoms with van der Waals surface area (Å²) in [5, 5.41) is 29.5. The predicted molar refractivity (Wildman–Crippen MR) is 102 cm³/mol. The van der Waals surface area contributed by atoms with Gasteiger partial charge in [-0.05, 0) is 25.0 Å². The molecule has 3 atom stereocenters. The van der Waals surface area contributed by atoms with Crippen molar-refractivity contribution in [2.75, 3.05) is 16.4 Å². The lowest BCUT2D eigenvalue weighted by Crippen LogP contribution is -2.36. The Kier molecular flexibility index (Phi) is 5.94. The van der Waals surface area contributed by atoms with E-state index in [1.54, 1.807) is 0 Å². The number of carbonyl (C=O) groups is 3. The second-order valence-electron chi connectivity index (χ2n) is 6.58. The van der Waals surface area contributed by atoms with E-state index in [1.165, 1.54) is 18.2 Å². The van der Waals surface area contributed by atoms with Crippen LogP contribution >= 0.6 is 11.8 Å². The van der Waals surface area contributed by atoms with Gasteiger partial charge in [0.25, 0.3) is 0 Å². The fourth-order valence-corrected chi connectivity index (χ4v) is 4.87. The number of amides is 4. The predicted octanol–water partition coefficient (Wildman–Crippen LogP) is 2.15. The third-order valence-corrected chi connectivity index (χ3v) is 6.11. The number of unbranched alkanes of at least 4 members (excludes halogenated alkanes) is 1. The highest BCUT2D eigenvalue weighted by Gasteiger charge is 2.42. The molecule has 10 heteroatoms. The first-order chi connectivity index (χ1) is 12.9. The van der Waals surface area contributed by atoms with Crippen molar-refractivity contribution in [3.05, 3.63) is 18.2 Å². The van der Waals surface area contributed by atoms with Crippen molar-refractivity contribution >= 4 is 41.2 Å². The van der Waals surface area contributed by atoms with Gasteiger partial charge >= 0.3 is 12.1 Å². The van der Waals surface area contributed by atoms with Crippen LogP contribution in [0.3, 0.4) is 0 Å². The molecule has 3 unspecified atom stereocenters. The van der Waals surface area contributed by atoms with Gasteiger partial charge in [0.2, 0.25) is 5.91 Å². The Balaban J connectivity index is 1.39. The summed E-state index contributed by atoms with van der Waals surface area (Å²) in [6.07, 6.45) is 1.61. The van der Waals surface area contributed by atoms with Gasteiger partial charge in [0, 0.05) is 29.2 Å². The topological polar surface area (TPSA) is 140 Å². The molecule has 2 fully saturated rings. The largest absolute Gasteiger partial charge is 0.506 e. The number of hydrogen-bond acceptors (Lipinski definition) is 5. The number of thioether (sulfide) groups is 1. The number of aromatic hydroxyl groups is 1. The normalized spacial score (nSPS) is 23.3. The van der Waals surface area contributed by atoms with Crippen molar-refractivity contribution in [1.82, 2.24) is 10.6 Å². The van der Waals surface area contributed by atoms with Crippen LogP contribution in [0.25, 0.3) is 0 Å². The first-order valence-corrected chi connectivity index (χ1v) is 9.78. The number of benzene rings is 1. The van der Waals surface area contributed by atoms with E-state index >= 15 is 0 Å². The molecule has 146 valence electrons. The van der Waals surface area contributed by atoms with Gasteiger partial charge in [0.1, 0.15) is 5.75 Å². The van der Waals surface area contributed by atoms with Crippen LogP contribution in [0.15, 0.2) is 18.2 Å². The lowest BCUT2D eigenvalue weighted by atomic mass is 10.0. The molecule has 2 aliphatic heterocycles. The van der Waals surface area contributed by atoms with Crippen LogP contribution in [0.2, 0.25) is 0 Å². The van der Waals surface area contributed by atoms with Gasteiger partial charge in [0.05, 0.1) is 17.8 Å². The van der Waals surface area contributed by atoms with Crippen molar-refractivity contribution < 1.29 is 24.6 Å². The molecule has 0 saturated carbocycles. The number of urea groups is 1. The van der Waals surface area contributed by atoms with Gasteiger partial charge in [-0.2, -0.15) is 11.8 Å². The monoisotopic (exact) mass is 394 g/mol. The van der Waals surface area contributed by atoms with Crippen molar-refractivity contribution in [2.45, 2.75) is 43.0 Å². The third kappa shape index (κ3) is 4.97. The molecule has 0 bridgehead atoms. The average molecular weight is 394 g/mol. The van der Waals surface area contributed by atoms with Crippen LogP contribution in [0.5, 0.6) is 5.75 Å². The van der Waals surface area contributed by atoms with E-state index in [0.29, 0.717) is 18.1 Å². The van der Waals surface area contributed by atoms with Gasteiger partial charge in [-0.1, -0.05) is 6.42 Å². The summed E-state index contributed by atoms with van der Waals surface area (Å²) in [7, 11) is 0. The average Bonchev–Trinajstić information content (AvgIpc) is 3.13. The number of rotatable bonds is 7. The maximum Gasteiger partial charge on any atom is 0.409 e. The molecule has 3 rings (SSSR count). The Bertz CT molecular complexity index is 744. The summed E-state index contributed by atoms with van der Waals surface area (Å²) in [4.78, 5) is 34.0. The minimum Gasteiger partial charge on any atom is -0.506 e. The van der Waals surface area contributed by atoms with Crippen LogP contribution in [-0.2, 0) is 4.79 Å². The van der Waals surface area contributed by atoms with E-state index < -0.39 is 6.09 Å². The summed E-state index contributed by atoms with van der Waals surface area (Å²) in [6.45, 7) is 0. The Morgan fingerprint density at radius 2 is 2.04 bits per heavy atom. The van der Waals surface area contributed by atoms with Crippen molar-refractivity contribution in [3.8, 4) is 5.75 Å². The van der Waals surface area contributed by atoms with Crippen molar-refractivity contribution in [1.29, 1.82) is 0 Å². The number of carboxylic acid groups (broad SMARTS) is 1. The van der Waals surface area contributed by atoms with Gasteiger partial charge in [0.15, 0.2) is 0 Å². The molecule has 2 aliphatic rings. The van der Waals surface area contributed by atoms with Crippen LogP contribution in [0.1, 0.15) is 25.7 Å². The van der Waals surface area contributed by atoms with E-state index in [9.17, 15) is 19.5 Å². The number of fused-ring (bicyclic) bond motifs is 1. The molecule has 4 amide bonds. The molecule has 0 aromatic heterocycles. The second kappa shape index (κ2) is 8.38. The first-order valence-electron chi connectivity index (χ1n) is 8.74. The number of carbonyl (C=O) groups excluding carboxylic acids is 2. The molecule has 27 heavy (non-hydrogen) atoms. The van der Waals surface area contributed by atoms with E-state index in [-0.39, 0.29) is 41.1 Å². The molecule has 2 heterocycles. The van der Waals surface area contributed by atoms with E-state index in [1.807, 2.05) is 11.8 Å². The quantitative estimate of drug-likeness (QED) is 0.238. The fourth-order valence-electron chi connectivity index (χ4n) is 3.33. The third-order valence-electron chi connectivity index (χ3n) is 4.60. The molecule has 0 spiro atoms. The molecule has 1 aromatic rings. The molecule has 1 aromatic carbocycles. The highest BCUT2D eigenvalue weighted by Crippen LogP contribution is 2.33. The highest BCUT2D eigenvalue weighted by molar-refractivity contribution is 8.00. The lowest BCUT2D eigenvalue weighted by molar-refractivity contribution is -0.116. The van der Waals surface area contributed by atoms with E-state index in [0.717, 1.165) is 18.6 Å². The molecule has 6 N–H and O–H groups in total. The maximum absolute atomic E-state index is 12.0. The molecule has 0 aliphatic carbocycles. The molecule has 9 nitrogen and oxygen atoms in total. The van der Waals surface area contributed by atoms with Crippen LogP contribution in [0, 0.1) is 0 Å². The summed E-state index contributed by atoms with van der Waals surface area (Å²) in [6, 6.07) is 4.43. The summed E-state index contributed by atoms with van der Waals surface area (Å²) >= 11 is 1.85. The standard InChI is InChI=1S/C17H22N4O5S/c22-12-7-9(18-17(25)26)5-6-10(12)19-14(23)4-2-1-3-13-15-11(8-27-13)20-16(24)21-15/h5-7,11,13,15,18,22H,1-4,8H2,(H,19,23)(H,25,26)(H2,20,21,24). The number of hydrogen-bond donors (Lipinski definition) is 6. The number of anilines is 2. The van der Waals surface area contributed by atoms with Crippen LogP contribution in [-0.4, -0.2) is 51.3 Å². The second-order valence-corrected chi connectivity index (χ2v) is 7.85. The summed E-state index contributed by atoms with van der Waals surface area (Å²) < 4.78 is 0. The zero-order valence-corrected chi connectivity index (χ0v) is 15.3. The Morgan fingerprint density at radius 3 is 2.78 bits per heavy atom. The smallest absolute Gasteiger partial charge is 0.409 e. The summed E-state index contributed by atoms with van der Waals surface area (Å²) in [5.74, 6) is 0.505.